The Morgan fingerprint density at radius 3 is 2.33 bits per heavy atom. The summed E-state index contributed by atoms with van der Waals surface area (Å²) in [4.78, 5) is 54.4. The van der Waals surface area contributed by atoms with E-state index in [1.165, 1.54) is 34.9 Å². The van der Waals surface area contributed by atoms with Gasteiger partial charge in [0, 0.05) is 21.5 Å². The van der Waals surface area contributed by atoms with Crippen molar-refractivity contribution >= 4 is 63.8 Å². The maximum Gasteiger partial charge on any atom is 0.416 e. The molecule has 0 bridgehead atoms. The van der Waals surface area contributed by atoms with Crippen LogP contribution < -0.4 is 15.1 Å². The molecule has 4 aromatic rings. The van der Waals surface area contributed by atoms with E-state index in [2.05, 4.69) is 5.32 Å². The van der Waals surface area contributed by atoms with Gasteiger partial charge in [-0.05, 0) is 60.2 Å². The van der Waals surface area contributed by atoms with E-state index < -0.39 is 63.8 Å². The molecule has 3 atom stereocenters. The molecule has 1 N–H and O–H groups in total. The Morgan fingerprint density at radius 1 is 0.953 bits per heavy atom. The molecule has 0 spiro atoms. The molecule has 2 unspecified atom stereocenters. The number of rotatable bonds is 5. The number of fused-ring (bicyclic) bond motifs is 2. The number of thioether (sulfide) groups is 1. The summed E-state index contributed by atoms with van der Waals surface area (Å²) in [6.07, 6.45) is -4.69. The molecule has 3 heterocycles. The molecular formula is C29H18ClF4N3O4S2. The van der Waals surface area contributed by atoms with Gasteiger partial charge >= 0.3 is 11.0 Å². The van der Waals surface area contributed by atoms with Crippen molar-refractivity contribution in [3.05, 3.63) is 109 Å². The zero-order valence-electron chi connectivity index (χ0n) is 21.6. The highest BCUT2D eigenvalue weighted by Gasteiger charge is 2.57. The van der Waals surface area contributed by atoms with Crippen molar-refractivity contribution in [2.24, 2.45) is 5.92 Å². The van der Waals surface area contributed by atoms with E-state index in [4.69, 9.17) is 11.6 Å². The van der Waals surface area contributed by atoms with E-state index in [-0.39, 0.29) is 5.69 Å². The van der Waals surface area contributed by atoms with Gasteiger partial charge in [0.2, 0.25) is 17.7 Å². The third-order valence-electron chi connectivity index (χ3n) is 7.14. The van der Waals surface area contributed by atoms with Crippen molar-refractivity contribution in [1.29, 1.82) is 0 Å². The van der Waals surface area contributed by atoms with Crippen LogP contribution in [0.2, 0.25) is 5.02 Å². The average Bonchev–Trinajstić information content (AvgIpc) is 3.40. The molecule has 0 saturated carbocycles. The van der Waals surface area contributed by atoms with Crippen LogP contribution in [0.25, 0.3) is 0 Å². The fourth-order valence-electron chi connectivity index (χ4n) is 5.24. The largest absolute Gasteiger partial charge is 0.416 e. The Labute approximate surface area is 254 Å². The molecule has 2 aliphatic heterocycles. The summed E-state index contributed by atoms with van der Waals surface area (Å²) in [5, 5.41) is 2.22. The van der Waals surface area contributed by atoms with E-state index >= 15 is 0 Å². The highest BCUT2D eigenvalue weighted by atomic mass is 35.5. The Morgan fingerprint density at radius 2 is 1.65 bits per heavy atom. The van der Waals surface area contributed by atoms with Crippen LogP contribution in [0.4, 0.5) is 28.9 Å². The van der Waals surface area contributed by atoms with Crippen LogP contribution in [-0.2, 0) is 27.1 Å². The Kier molecular flexibility index (Phi) is 7.43. The molecule has 7 nitrogen and oxygen atoms in total. The lowest BCUT2D eigenvalue weighted by Gasteiger charge is -2.30. The molecule has 220 valence electrons. The standard InChI is InChI=1S/C29H18ClF4N3O4S2/c30-16-6-4-14(5-7-16)21-22-23(26(40)37(25(22)39)19-3-1-2-15(12-19)29(32,33)34)42-27-24(21)43-28(41)36(27)13-20(38)35-18-10-8-17(31)9-11-18/h1-12,21-23H,13H2,(H,35,38)/t21-,22?,23?/m0/s1. The molecule has 43 heavy (non-hydrogen) atoms. The van der Waals surface area contributed by atoms with Crippen LogP contribution in [0.3, 0.4) is 0 Å². The van der Waals surface area contributed by atoms with Gasteiger partial charge in [0.15, 0.2) is 0 Å². The topological polar surface area (TPSA) is 88.5 Å². The minimum absolute atomic E-state index is 0.214. The Hall–Kier alpha value is -3.94. The second kappa shape index (κ2) is 11.0. The zero-order chi connectivity index (χ0) is 30.6. The first-order valence-electron chi connectivity index (χ1n) is 12.7. The number of nitrogens with one attached hydrogen (secondary N) is 1. The number of imide groups is 1. The quantitative estimate of drug-likeness (QED) is 0.207. The second-order valence-corrected chi connectivity index (χ2v) is 12.4. The summed E-state index contributed by atoms with van der Waals surface area (Å²) in [6, 6.07) is 15.5. The third-order valence-corrected chi connectivity index (χ3v) is 10.00. The molecule has 3 amide bonds. The van der Waals surface area contributed by atoms with Gasteiger partial charge in [0.05, 0.1) is 22.2 Å². The minimum atomic E-state index is -4.69. The molecule has 14 heteroatoms. The summed E-state index contributed by atoms with van der Waals surface area (Å²) in [6.45, 7) is -0.431. The second-order valence-electron chi connectivity index (χ2n) is 9.83. The van der Waals surface area contributed by atoms with Gasteiger partial charge in [0.1, 0.15) is 17.6 Å². The Balaban J connectivity index is 1.40. The van der Waals surface area contributed by atoms with E-state index in [1.54, 1.807) is 24.3 Å². The van der Waals surface area contributed by atoms with Gasteiger partial charge in [-0.15, -0.1) is 0 Å². The molecule has 0 aliphatic carbocycles. The molecule has 2 aliphatic rings. The summed E-state index contributed by atoms with van der Waals surface area (Å²) in [5.41, 5.74) is -0.350. The highest BCUT2D eigenvalue weighted by molar-refractivity contribution is 8.00. The first-order valence-corrected chi connectivity index (χ1v) is 14.8. The summed E-state index contributed by atoms with van der Waals surface area (Å²) >= 11 is 7.84. The normalized spacial score (nSPS) is 19.7. The summed E-state index contributed by atoms with van der Waals surface area (Å²) in [7, 11) is 0. The number of thiazole rings is 1. The number of benzene rings is 3. The van der Waals surface area contributed by atoms with Crippen LogP contribution in [0.1, 0.15) is 21.9 Å². The lowest BCUT2D eigenvalue weighted by molar-refractivity contribution is -0.137. The van der Waals surface area contributed by atoms with Crippen molar-refractivity contribution < 1.29 is 31.9 Å². The molecule has 6 rings (SSSR count). The monoisotopic (exact) mass is 647 g/mol. The predicted molar refractivity (Wildman–Crippen MR) is 154 cm³/mol. The molecule has 1 saturated heterocycles. The van der Waals surface area contributed by atoms with E-state index in [1.807, 2.05) is 0 Å². The maximum atomic E-state index is 13.9. The predicted octanol–water partition coefficient (Wildman–Crippen LogP) is 6.16. The number of anilines is 2. The van der Waals surface area contributed by atoms with E-state index in [0.717, 1.165) is 46.2 Å². The lowest BCUT2D eigenvalue weighted by atomic mass is 9.83. The van der Waals surface area contributed by atoms with Crippen LogP contribution >= 0.6 is 34.7 Å². The van der Waals surface area contributed by atoms with E-state index in [0.29, 0.717) is 26.2 Å². The van der Waals surface area contributed by atoms with Gasteiger partial charge in [-0.25, -0.2) is 9.29 Å². The fourth-order valence-corrected chi connectivity index (χ4v) is 8.14. The van der Waals surface area contributed by atoms with Crippen LogP contribution in [-0.4, -0.2) is 27.5 Å². The summed E-state index contributed by atoms with van der Waals surface area (Å²) in [5.74, 6) is -4.36. The van der Waals surface area contributed by atoms with E-state index in [9.17, 15) is 36.7 Å². The first-order chi connectivity index (χ1) is 20.4. The zero-order valence-corrected chi connectivity index (χ0v) is 24.0. The first kappa shape index (κ1) is 29.1. The number of hydrogen-bond donors (Lipinski definition) is 1. The van der Waals surface area contributed by atoms with Crippen molar-refractivity contribution in [1.82, 2.24) is 4.57 Å². The smallest absolute Gasteiger partial charge is 0.325 e. The highest BCUT2D eigenvalue weighted by Crippen LogP contribution is 2.54. The number of alkyl halides is 3. The van der Waals surface area contributed by atoms with Crippen molar-refractivity contribution in [2.45, 2.75) is 28.9 Å². The van der Waals surface area contributed by atoms with Crippen molar-refractivity contribution in [2.75, 3.05) is 10.2 Å². The number of aromatic nitrogens is 1. The van der Waals surface area contributed by atoms with Gasteiger partial charge in [-0.1, -0.05) is 52.9 Å². The lowest BCUT2D eigenvalue weighted by Crippen LogP contribution is -2.33. The molecule has 3 aromatic carbocycles. The maximum absolute atomic E-state index is 13.9. The van der Waals surface area contributed by atoms with Gasteiger partial charge in [-0.2, -0.15) is 13.2 Å². The number of nitrogens with zero attached hydrogens (tertiary/aromatic N) is 2. The average molecular weight is 648 g/mol. The number of amides is 3. The number of carbonyl (C=O) groups is 3. The van der Waals surface area contributed by atoms with Gasteiger partial charge in [0.25, 0.3) is 0 Å². The van der Waals surface area contributed by atoms with Crippen LogP contribution in [0, 0.1) is 11.7 Å². The molecular weight excluding hydrogens is 630 g/mol. The molecule has 0 radical (unpaired) electrons. The fraction of sp³-hybridized carbons (Fsp3) is 0.172. The van der Waals surface area contributed by atoms with Crippen molar-refractivity contribution in [3.8, 4) is 0 Å². The third kappa shape index (κ3) is 5.36. The van der Waals surface area contributed by atoms with Gasteiger partial charge in [-0.3, -0.25) is 23.7 Å². The Bertz CT molecular complexity index is 1820. The summed E-state index contributed by atoms with van der Waals surface area (Å²) < 4.78 is 54.8. The van der Waals surface area contributed by atoms with Crippen LogP contribution in [0.15, 0.2) is 82.6 Å². The molecule has 1 fully saturated rings. The number of carbonyl (C=O) groups excluding carboxylic acids is 3. The number of hydrogen-bond acceptors (Lipinski definition) is 6. The van der Waals surface area contributed by atoms with Crippen molar-refractivity contribution in [3.63, 3.8) is 0 Å². The van der Waals surface area contributed by atoms with Crippen LogP contribution in [0.5, 0.6) is 0 Å². The van der Waals surface area contributed by atoms with Gasteiger partial charge < -0.3 is 5.32 Å². The molecule has 1 aromatic heterocycles. The minimum Gasteiger partial charge on any atom is -0.325 e. The SMILES string of the molecule is O=C(Cn1c2c(sc1=O)[C@@H](c1ccc(Cl)cc1)C1C(=O)N(c3cccc(C(F)(F)F)c3)C(=O)C1S2)Nc1ccc(F)cc1. The number of halogens is 5.